The second kappa shape index (κ2) is 9.84. The number of nitrogens with two attached hydrogens (primary N) is 1. The molecule has 0 radical (unpaired) electrons. The standard InChI is InChI=1S/C18H19Cl2FN2O4S2/c19-9-4-8(5-10(20)14(9)21)29-18-17(26)15(16(25)12(7-24)27-18)23-6-11(22)13-2-1-3-28-13/h1-6,12,15-18,23-26H,7,22H2/b11-6-. The van der Waals surface area contributed by atoms with Crippen molar-refractivity contribution < 1.29 is 24.4 Å². The monoisotopic (exact) mass is 480 g/mol. The van der Waals surface area contributed by atoms with Crippen LogP contribution in [0.25, 0.3) is 5.70 Å². The molecule has 0 aliphatic carbocycles. The van der Waals surface area contributed by atoms with Gasteiger partial charge in [0.1, 0.15) is 23.7 Å². The summed E-state index contributed by atoms with van der Waals surface area (Å²) >= 11 is 14.1. The van der Waals surface area contributed by atoms with E-state index in [9.17, 15) is 19.7 Å². The van der Waals surface area contributed by atoms with Gasteiger partial charge in [-0.1, -0.05) is 41.0 Å². The van der Waals surface area contributed by atoms with E-state index >= 15 is 0 Å². The average Bonchev–Trinajstić information content (AvgIpc) is 3.23. The van der Waals surface area contributed by atoms with Crippen LogP contribution in [0.1, 0.15) is 4.88 Å². The quantitative estimate of drug-likeness (QED) is 0.404. The number of hydrogen-bond acceptors (Lipinski definition) is 8. The van der Waals surface area contributed by atoms with E-state index in [4.69, 9.17) is 33.7 Å². The van der Waals surface area contributed by atoms with E-state index in [-0.39, 0.29) is 10.0 Å². The highest BCUT2D eigenvalue weighted by molar-refractivity contribution is 7.99. The maximum absolute atomic E-state index is 13.6. The number of ether oxygens (including phenoxy) is 1. The third kappa shape index (κ3) is 5.18. The zero-order chi connectivity index (χ0) is 21.1. The van der Waals surface area contributed by atoms with Gasteiger partial charge in [0.05, 0.1) is 33.3 Å². The van der Waals surface area contributed by atoms with Crippen molar-refractivity contribution in [3.63, 3.8) is 0 Å². The van der Waals surface area contributed by atoms with Crippen LogP contribution in [0.15, 0.2) is 40.7 Å². The van der Waals surface area contributed by atoms with Gasteiger partial charge in [0.25, 0.3) is 0 Å². The first kappa shape index (κ1) is 22.6. The van der Waals surface area contributed by atoms with Gasteiger partial charge < -0.3 is 31.1 Å². The molecule has 158 valence electrons. The lowest BCUT2D eigenvalue weighted by atomic mass is 9.97. The first-order valence-electron chi connectivity index (χ1n) is 8.51. The van der Waals surface area contributed by atoms with Crippen LogP contribution in [-0.2, 0) is 4.74 Å². The Balaban J connectivity index is 1.79. The van der Waals surface area contributed by atoms with Crippen molar-refractivity contribution in [2.75, 3.05) is 6.61 Å². The van der Waals surface area contributed by atoms with Gasteiger partial charge in [0.2, 0.25) is 0 Å². The van der Waals surface area contributed by atoms with Gasteiger partial charge in [0, 0.05) is 11.1 Å². The topological polar surface area (TPSA) is 108 Å². The molecular weight excluding hydrogens is 462 g/mol. The molecule has 1 fully saturated rings. The molecule has 3 rings (SSSR count). The summed E-state index contributed by atoms with van der Waals surface area (Å²) in [5.74, 6) is -0.736. The van der Waals surface area contributed by atoms with Crippen LogP contribution in [-0.4, -0.2) is 51.7 Å². The summed E-state index contributed by atoms with van der Waals surface area (Å²) in [6.07, 6.45) is -1.83. The highest BCUT2D eigenvalue weighted by atomic mass is 35.5. The second-order valence-electron chi connectivity index (χ2n) is 6.29. The maximum atomic E-state index is 13.6. The summed E-state index contributed by atoms with van der Waals surface area (Å²) in [4.78, 5) is 1.29. The highest BCUT2D eigenvalue weighted by Crippen LogP contribution is 2.37. The van der Waals surface area contributed by atoms with Gasteiger partial charge in [-0.3, -0.25) is 0 Å². The number of aliphatic hydroxyl groups excluding tert-OH is 3. The molecule has 1 aromatic carbocycles. The summed E-state index contributed by atoms with van der Waals surface area (Å²) in [6, 6.07) is 5.54. The minimum atomic E-state index is -1.19. The Hall–Kier alpha value is -1.04. The third-order valence-electron chi connectivity index (χ3n) is 4.33. The average molecular weight is 481 g/mol. The first-order valence-corrected chi connectivity index (χ1v) is 11.0. The number of halogens is 3. The number of thiophene rings is 1. The second-order valence-corrected chi connectivity index (χ2v) is 9.23. The molecule has 0 saturated carbocycles. The molecule has 11 heteroatoms. The van der Waals surface area contributed by atoms with Crippen molar-refractivity contribution in [1.29, 1.82) is 0 Å². The van der Waals surface area contributed by atoms with E-state index in [2.05, 4.69) is 5.32 Å². The van der Waals surface area contributed by atoms with E-state index in [1.807, 2.05) is 17.5 Å². The SMILES string of the molecule is N/C(=C\NC1C(O)C(CO)OC(Sc2cc(Cl)c(F)c(Cl)c2)C1O)c1cccs1. The van der Waals surface area contributed by atoms with Gasteiger partial charge in [-0.2, -0.15) is 0 Å². The molecule has 1 aromatic heterocycles. The van der Waals surface area contributed by atoms with Crippen molar-refractivity contribution in [3.05, 3.63) is 56.6 Å². The van der Waals surface area contributed by atoms with Crippen molar-refractivity contribution in [3.8, 4) is 0 Å². The summed E-state index contributed by atoms with van der Waals surface area (Å²) in [7, 11) is 0. The fourth-order valence-corrected chi connectivity index (χ4v) is 5.24. The van der Waals surface area contributed by atoms with E-state index in [0.717, 1.165) is 16.6 Å². The van der Waals surface area contributed by atoms with Crippen LogP contribution in [0.5, 0.6) is 0 Å². The van der Waals surface area contributed by atoms with Crippen molar-refractivity contribution in [2.24, 2.45) is 5.73 Å². The summed E-state index contributed by atoms with van der Waals surface area (Å²) < 4.78 is 19.3. The maximum Gasteiger partial charge on any atom is 0.160 e. The smallest absolute Gasteiger partial charge is 0.160 e. The molecular formula is C18H19Cl2FN2O4S2. The molecule has 5 unspecified atom stereocenters. The van der Waals surface area contributed by atoms with Crippen molar-refractivity contribution in [1.82, 2.24) is 5.32 Å². The van der Waals surface area contributed by atoms with Crippen LogP contribution in [0, 0.1) is 5.82 Å². The van der Waals surface area contributed by atoms with Crippen molar-refractivity contribution in [2.45, 2.75) is 34.7 Å². The van der Waals surface area contributed by atoms with Gasteiger partial charge in [-0.25, -0.2) is 4.39 Å². The van der Waals surface area contributed by atoms with Crippen LogP contribution in [0.4, 0.5) is 4.39 Å². The van der Waals surface area contributed by atoms with Crippen LogP contribution in [0.3, 0.4) is 0 Å². The number of nitrogens with one attached hydrogen (secondary N) is 1. The lowest BCUT2D eigenvalue weighted by molar-refractivity contribution is -0.164. The molecule has 29 heavy (non-hydrogen) atoms. The van der Waals surface area contributed by atoms with E-state index in [0.29, 0.717) is 10.6 Å². The van der Waals surface area contributed by atoms with E-state index in [1.165, 1.54) is 29.7 Å². The molecule has 1 aliphatic heterocycles. The Morgan fingerprint density at radius 2 is 2.00 bits per heavy atom. The van der Waals surface area contributed by atoms with E-state index < -0.39 is 42.2 Å². The molecule has 1 saturated heterocycles. The predicted molar refractivity (Wildman–Crippen MR) is 113 cm³/mol. The van der Waals surface area contributed by atoms with E-state index in [1.54, 1.807) is 0 Å². The Kier molecular flexibility index (Phi) is 7.69. The molecule has 6 N–H and O–H groups in total. The lowest BCUT2D eigenvalue weighted by Crippen LogP contribution is -2.62. The zero-order valence-electron chi connectivity index (χ0n) is 14.8. The van der Waals surface area contributed by atoms with Gasteiger partial charge in [-0.15, -0.1) is 11.3 Å². The van der Waals surface area contributed by atoms with Crippen LogP contribution >= 0.6 is 46.3 Å². The zero-order valence-corrected chi connectivity index (χ0v) is 18.0. The number of hydrogen-bond donors (Lipinski definition) is 5. The molecule has 6 nitrogen and oxygen atoms in total. The Morgan fingerprint density at radius 1 is 1.31 bits per heavy atom. The minimum absolute atomic E-state index is 0.162. The van der Waals surface area contributed by atoms with Crippen LogP contribution < -0.4 is 11.1 Å². The lowest BCUT2D eigenvalue weighted by Gasteiger charge is -2.42. The predicted octanol–water partition coefficient (Wildman–Crippen LogP) is 2.64. The van der Waals surface area contributed by atoms with Crippen molar-refractivity contribution >= 4 is 52.0 Å². The Bertz CT molecular complexity index is 849. The minimum Gasteiger partial charge on any atom is -0.396 e. The normalized spacial score (nSPS) is 27.8. The Morgan fingerprint density at radius 3 is 2.59 bits per heavy atom. The number of benzene rings is 1. The third-order valence-corrected chi connectivity index (χ3v) is 6.93. The number of thioether (sulfide) groups is 1. The fraction of sp³-hybridized carbons (Fsp3) is 0.333. The Labute approximate surface area is 185 Å². The molecule has 1 aliphatic rings. The first-order chi connectivity index (χ1) is 13.8. The molecule has 2 aromatic rings. The summed E-state index contributed by atoms with van der Waals surface area (Å²) in [5.41, 5.74) is 5.57. The molecule has 5 atom stereocenters. The number of aliphatic hydroxyl groups is 3. The highest BCUT2D eigenvalue weighted by Gasteiger charge is 2.44. The molecule has 2 heterocycles. The van der Waals surface area contributed by atoms with Gasteiger partial charge in [0.15, 0.2) is 5.82 Å². The van der Waals surface area contributed by atoms with Gasteiger partial charge >= 0.3 is 0 Å². The van der Waals surface area contributed by atoms with Crippen LogP contribution in [0.2, 0.25) is 10.0 Å². The fourth-order valence-electron chi connectivity index (χ4n) is 2.82. The number of rotatable bonds is 6. The largest absolute Gasteiger partial charge is 0.396 e. The molecule has 0 bridgehead atoms. The summed E-state index contributed by atoms with van der Waals surface area (Å²) in [5, 5.41) is 35.3. The molecule has 0 amide bonds. The summed E-state index contributed by atoms with van der Waals surface area (Å²) in [6.45, 7) is -0.460. The molecule has 0 spiro atoms. The van der Waals surface area contributed by atoms with Gasteiger partial charge in [-0.05, 0) is 23.6 Å².